The number of halogens is 2. The molecular weight excluding hydrogens is 432 g/mol. The van der Waals surface area contributed by atoms with Gasteiger partial charge in [0.2, 0.25) is 0 Å². The second-order valence-corrected chi connectivity index (χ2v) is 6.17. The Morgan fingerprint density at radius 1 is 1.26 bits per heavy atom. The van der Waals surface area contributed by atoms with Crippen LogP contribution in [0.5, 0.6) is 0 Å². The summed E-state index contributed by atoms with van der Waals surface area (Å²) in [5.74, 6) is -0.470. The van der Waals surface area contributed by atoms with Gasteiger partial charge >= 0.3 is 0 Å². The predicted molar refractivity (Wildman–Crippen MR) is 94.4 cm³/mol. The molecule has 0 bridgehead atoms. The summed E-state index contributed by atoms with van der Waals surface area (Å²) in [5.41, 5.74) is 9.36. The first-order valence-electron chi connectivity index (χ1n) is 6.21. The summed E-state index contributed by atoms with van der Waals surface area (Å²) in [6, 6.07) is 9.07. The minimum atomic E-state index is -0.489. The number of carbonyl (C=O) groups is 1. The molecule has 0 fully saturated rings. The van der Waals surface area contributed by atoms with Crippen molar-refractivity contribution >= 4 is 55.4 Å². The van der Waals surface area contributed by atoms with Crippen molar-refractivity contribution < 1.29 is 9.72 Å². The lowest BCUT2D eigenvalue weighted by atomic mass is 10.2. The average Bonchev–Trinajstić information content (AvgIpc) is 2.51. The second kappa shape index (κ2) is 7.34. The lowest BCUT2D eigenvalue weighted by Gasteiger charge is -2.07. The molecule has 2 aromatic carbocycles. The second-order valence-electron chi connectivity index (χ2n) is 4.40. The van der Waals surface area contributed by atoms with E-state index >= 15 is 0 Å². The number of anilines is 1. The molecule has 0 aliphatic heterocycles. The maximum atomic E-state index is 12.1. The number of non-ortho nitro benzene ring substituents is 1. The minimum absolute atomic E-state index is 0.0158. The third kappa shape index (κ3) is 4.36. The first-order chi connectivity index (χ1) is 10.9. The molecule has 0 spiro atoms. The standard InChI is InChI=1S/C14H10Br2N4O3/c15-9-5-11(13(17)12(16)6-9)14(21)19-18-7-8-1-3-10(4-2-8)20(22)23/h1-7H,17H2,(H,19,21)/b18-7+. The van der Waals surface area contributed by atoms with E-state index in [1.807, 2.05) is 0 Å². The van der Waals surface area contributed by atoms with Crippen molar-refractivity contribution in [3.63, 3.8) is 0 Å². The summed E-state index contributed by atoms with van der Waals surface area (Å²) in [5, 5.41) is 14.4. The van der Waals surface area contributed by atoms with E-state index in [1.54, 1.807) is 12.1 Å². The Morgan fingerprint density at radius 3 is 2.52 bits per heavy atom. The Morgan fingerprint density at radius 2 is 1.91 bits per heavy atom. The van der Waals surface area contributed by atoms with Crippen molar-refractivity contribution in [1.29, 1.82) is 0 Å². The first-order valence-corrected chi connectivity index (χ1v) is 7.79. The largest absolute Gasteiger partial charge is 0.397 e. The van der Waals surface area contributed by atoms with Crippen LogP contribution in [0.15, 0.2) is 50.4 Å². The van der Waals surface area contributed by atoms with E-state index in [0.717, 1.165) is 0 Å². The topological polar surface area (TPSA) is 111 Å². The van der Waals surface area contributed by atoms with E-state index in [-0.39, 0.29) is 11.3 Å². The zero-order valence-electron chi connectivity index (χ0n) is 11.5. The van der Waals surface area contributed by atoms with Crippen LogP contribution in [0.3, 0.4) is 0 Å². The Kier molecular flexibility index (Phi) is 5.45. The molecule has 0 radical (unpaired) electrons. The number of rotatable bonds is 4. The van der Waals surface area contributed by atoms with Crippen LogP contribution in [0.1, 0.15) is 15.9 Å². The summed E-state index contributed by atoms with van der Waals surface area (Å²) in [6.45, 7) is 0. The summed E-state index contributed by atoms with van der Waals surface area (Å²) < 4.78 is 1.29. The van der Waals surface area contributed by atoms with Crippen LogP contribution in [0.25, 0.3) is 0 Å². The number of nitro benzene ring substituents is 1. The first kappa shape index (κ1) is 17.1. The molecule has 0 atom stereocenters. The number of carbonyl (C=O) groups excluding carboxylic acids is 1. The fourth-order valence-electron chi connectivity index (χ4n) is 1.68. The van der Waals surface area contributed by atoms with Crippen LogP contribution in [0.2, 0.25) is 0 Å². The number of hydrazone groups is 1. The van der Waals surface area contributed by atoms with Gasteiger partial charge in [-0.15, -0.1) is 0 Å². The molecule has 23 heavy (non-hydrogen) atoms. The molecule has 0 unspecified atom stereocenters. The zero-order chi connectivity index (χ0) is 17.0. The summed E-state index contributed by atoms with van der Waals surface area (Å²) in [4.78, 5) is 22.1. The molecule has 7 nitrogen and oxygen atoms in total. The number of nitrogens with one attached hydrogen (secondary N) is 1. The van der Waals surface area contributed by atoms with E-state index in [2.05, 4.69) is 42.4 Å². The van der Waals surface area contributed by atoms with Crippen molar-refractivity contribution in [2.45, 2.75) is 0 Å². The van der Waals surface area contributed by atoms with Crippen molar-refractivity contribution in [1.82, 2.24) is 5.43 Å². The van der Waals surface area contributed by atoms with Gasteiger partial charge in [0.15, 0.2) is 0 Å². The summed E-state index contributed by atoms with van der Waals surface area (Å²) in [6.07, 6.45) is 1.38. The minimum Gasteiger partial charge on any atom is -0.397 e. The molecule has 0 aliphatic carbocycles. The highest BCUT2D eigenvalue weighted by Gasteiger charge is 2.12. The maximum Gasteiger partial charge on any atom is 0.273 e. The molecule has 0 aliphatic rings. The van der Waals surface area contributed by atoms with E-state index in [4.69, 9.17) is 5.73 Å². The Labute approximate surface area is 148 Å². The number of nitrogens with zero attached hydrogens (tertiary/aromatic N) is 2. The molecule has 1 amide bonds. The number of hydrogen-bond acceptors (Lipinski definition) is 5. The van der Waals surface area contributed by atoms with Crippen molar-refractivity contribution in [3.8, 4) is 0 Å². The number of hydrogen-bond donors (Lipinski definition) is 2. The van der Waals surface area contributed by atoms with Gasteiger partial charge in [-0.05, 0) is 45.8 Å². The Balaban J connectivity index is 2.08. The third-order valence-corrected chi connectivity index (χ3v) is 3.94. The number of nitro groups is 1. The van der Waals surface area contributed by atoms with Gasteiger partial charge in [0.1, 0.15) is 0 Å². The normalized spacial score (nSPS) is 10.7. The molecule has 9 heteroatoms. The molecule has 0 saturated heterocycles. The highest BCUT2D eigenvalue weighted by Crippen LogP contribution is 2.28. The Hall–Kier alpha value is -2.26. The highest BCUT2D eigenvalue weighted by atomic mass is 79.9. The molecular formula is C14H10Br2N4O3. The lowest BCUT2D eigenvalue weighted by Crippen LogP contribution is -2.19. The van der Waals surface area contributed by atoms with Crippen molar-refractivity contribution in [3.05, 3.63) is 66.6 Å². The fourth-order valence-corrected chi connectivity index (χ4v) is 2.91. The average molecular weight is 442 g/mol. The smallest absolute Gasteiger partial charge is 0.273 e. The van der Waals surface area contributed by atoms with Crippen LogP contribution in [0, 0.1) is 10.1 Å². The lowest BCUT2D eigenvalue weighted by molar-refractivity contribution is -0.384. The predicted octanol–water partition coefficient (Wildman–Crippen LogP) is 3.47. The SMILES string of the molecule is Nc1c(Br)cc(Br)cc1C(=O)N/N=C/c1ccc([N+](=O)[O-])cc1. The monoisotopic (exact) mass is 440 g/mol. The van der Waals surface area contributed by atoms with Crippen LogP contribution < -0.4 is 11.2 Å². The van der Waals surface area contributed by atoms with E-state index in [0.29, 0.717) is 20.2 Å². The van der Waals surface area contributed by atoms with Crippen molar-refractivity contribution in [2.24, 2.45) is 5.10 Å². The van der Waals surface area contributed by atoms with Gasteiger partial charge in [0.05, 0.1) is 22.4 Å². The molecule has 0 heterocycles. The fraction of sp³-hybridized carbons (Fsp3) is 0. The Bertz CT molecular complexity index is 791. The number of amides is 1. The highest BCUT2D eigenvalue weighted by molar-refractivity contribution is 9.11. The number of nitrogen functional groups attached to an aromatic ring is 1. The molecule has 2 aromatic rings. The van der Waals surface area contributed by atoms with Crippen molar-refractivity contribution in [2.75, 3.05) is 5.73 Å². The van der Waals surface area contributed by atoms with Gasteiger partial charge in [-0.1, -0.05) is 15.9 Å². The third-order valence-electron chi connectivity index (χ3n) is 2.82. The molecule has 2 rings (SSSR count). The molecule has 118 valence electrons. The van der Waals surface area contributed by atoms with Gasteiger partial charge in [0, 0.05) is 21.1 Å². The molecule has 0 saturated carbocycles. The van der Waals surface area contributed by atoms with Gasteiger partial charge < -0.3 is 5.73 Å². The molecule has 3 N–H and O–H groups in total. The van der Waals surface area contributed by atoms with Gasteiger partial charge in [-0.25, -0.2) is 5.43 Å². The molecule has 0 aromatic heterocycles. The van der Waals surface area contributed by atoms with E-state index < -0.39 is 10.8 Å². The van der Waals surface area contributed by atoms with Crippen LogP contribution in [-0.4, -0.2) is 17.0 Å². The van der Waals surface area contributed by atoms with Gasteiger partial charge in [-0.2, -0.15) is 5.10 Å². The zero-order valence-corrected chi connectivity index (χ0v) is 14.7. The number of nitrogens with two attached hydrogens (primary N) is 1. The quantitative estimate of drug-likeness (QED) is 0.327. The van der Waals surface area contributed by atoms with Crippen LogP contribution >= 0.6 is 31.9 Å². The van der Waals surface area contributed by atoms with Gasteiger partial charge in [-0.3, -0.25) is 14.9 Å². The van der Waals surface area contributed by atoms with E-state index in [1.165, 1.54) is 30.5 Å². The maximum absolute atomic E-state index is 12.1. The number of benzene rings is 2. The summed E-state index contributed by atoms with van der Waals surface area (Å²) in [7, 11) is 0. The van der Waals surface area contributed by atoms with Crippen LogP contribution in [0.4, 0.5) is 11.4 Å². The van der Waals surface area contributed by atoms with Crippen LogP contribution in [-0.2, 0) is 0 Å². The van der Waals surface area contributed by atoms with E-state index in [9.17, 15) is 14.9 Å². The summed E-state index contributed by atoms with van der Waals surface area (Å²) >= 11 is 6.54. The van der Waals surface area contributed by atoms with Gasteiger partial charge in [0.25, 0.3) is 11.6 Å².